The van der Waals surface area contributed by atoms with E-state index in [1.54, 1.807) is 23.5 Å². The summed E-state index contributed by atoms with van der Waals surface area (Å²) in [5.41, 5.74) is 1.71. The molecule has 4 aromatic rings. The van der Waals surface area contributed by atoms with Crippen LogP contribution in [0.4, 0.5) is 15.2 Å². The molecule has 0 saturated heterocycles. The van der Waals surface area contributed by atoms with Gasteiger partial charge in [-0.25, -0.2) is 4.39 Å². The third-order valence-electron chi connectivity index (χ3n) is 3.07. The highest BCUT2D eigenvalue weighted by Gasteiger charge is 2.11. The molecule has 0 aliphatic heterocycles. The highest BCUT2D eigenvalue weighted by molar-refractivity contribution is 8.00. The van der Waals surface area contributed by atoms with Gasteiger partial charge in [-0.15, -0.1) is 10.2 Å². The molecule has 0 aliphatic rings. The summed E-state index contributed by atoms with van der Waals surface area (Å²) in [6.45, 7) is 0. The number of nitrogens with one attached hydrogen (secondary N) is 1. The SMILES string of the molecule is Fc1ccc(Nc2nnc(SCc3nc(-c4ccsc4)no3)s2)cc1. The lowest BCUT2D eigenvalue weighted by atomic mass is 10.3. The van der Waals surface area contributed by atoms with Crippen LogP contribution in [0.25, 0.3) is 11.4 Å². The Labute approximate surface area is 154 Å². The lowest BCUT2D eigenvalue weighted by Crippen LogP contribution is -1.89. The van der Waals surface area contributed by atoms with E-state index in [4.69, 9.17) is 4.52 Å². The van der Waals surface area contributed by atoms with E-state index in [0.29, 0.717) is 22.6 Å². The second-order valence-corrected chi connectivity index (χ2v) is 7.80. The molecule has 0 spiro atoms. The van der Waals surface area contributed by atoms with Crippen LogP contribution in [0, 0.1) is 5.82 Å². The van der Waals surface area contributed by atoms with Crippen molar-refractivity contribution in [3.05, 3.63) is 52.8 Å². The second-order valence-electron chi connectivity index (χ2n) is 4.82. The Morgan fingerprint density at radius 1 is 1.16 bits per heavy atom. The Morgan fingerprint density at radius 3 is 2.84 bits per heavy atom. The van der Waals surface area contributed by atoms with Gasteiger partial charge in [-0.2, -0.15) is 16.3 Å². The van der Waals surface area contributed by atoms with Crippen molar-refractivity contribution in [2.45, 2.75) is 10.1 Å². The van der Waals surface area contributed by atoms with Gasteiger partial charge < -0.3 is 9.84 Å². The number of hydrogen-bond donors (Lipinski definition) is 1. The molecule has 3 aromatic heterocycles. The average molecular weight is 391 g/mol. The Kier molecular flexibility index (Phi) is 4.72. The lowest BCUT2D eigenvalue weighted by Gasteiger charge is -2.00. The van der Waals surface area contributed by atoms with E-state index >= 15 is 0 Å². The van der Waals surface area contributed by atoms with Gasteiger partial charge in [-0.3, -0.25) is 0 Å². The quantitative estimate of drug-likeness (QED) is 0.472. The number of hydrogen-bond acceptors (Lipinski definition) is 9. The number of nitrogens with zero attached hydrogens (tertiary/aromatic N) is 4. The first-order valence-corrected chi connectivity index (χ1v) is 9.85. The zero-order valence-electron chi connectivity index (χ0n) is 12.5. The molecule has 0 radical (unpaired) electrons. The molecule has 126 valence electrons. The Balaban J connectivity index is 1.36. The van der Waals surface area contributed by atoms with Crippen LogP contribution in [0.5, 0.6) is 0 Å². The molecule has 0 fully saturated rings. The van der Waals surface area contributed by atoms with Crippen LogP contribution in [0.1, 0.15) is 5.89 Å². The molecule has 25 heavy (non-hydrogen) atoms. The monoisotopic (exact) mass is 391 g/mol. The van der Waals surface area contributed by atoms with Gasteiger partial charge in [0.15, 0.2) is 4.34 Å². The zero-order chi connectivity index (χ0) is 17.1. The Hall–Kier alpha value is -2.30. The summed E-state index contributed by atoms with van der Waals surface area (Å²) in [6, 6.07) is 8.02. The first-order valence-electron chi connectivity index (χ1n) is 7.10. The van der Waals surface area contributed by atoms with Crippen LogP contribution < -0.4 is 5.32 Å². The standard InChI is InChI=1S/C15H10FN5OS3/c16-10-1-3-11(4-2-10)17-14-19-20-15(25-14)24-8-12-18-13(21-22-12)9-5-6-23-7-9/h1-7H,8H2,(H,17,19). The number of rotatable bonds is 6. The average Bonchev–Trinajstić information content (AvgIpc) is 3.36. The van der Waals surface area contributed by atoms with E-state index in [2.05, 4.69) is 25.7 Å². The third kappa shape index (κ3) is 4.03. The van der Waals surface area contributed by atoms with Gasteiger partial charge in [0.05, 0.1) is 5.75 Å². The molecule has 3 heterocycles. The molecular weight excluding hydrogens is 381 g/mol. The summed E-state index contributed by atoms with van der Waals surface area (Å²) in [5, 5.41) is 19.8. The summed E-state index contributed by atoms with van der Waals surface area (Å²) in [5.74, 6) is 1.37. The van der Waals surface area contributed by atoms with Crippen molar-refractivity contribution in [2.75, 3.05) is 5.32 Å². The highest BCUT2D eigenvalue weighted by atomic mass is 32.2. The van der Waals surface area contributed by atoms with Crippen LogP contribution in [0.15, 0.2) is 50.0 Å². The Bertz CT molecular complexity index is 952. The second kappa shape index (κ2) is 7.30. The maximum Gasteiger partial charge on any atom is 0.237 e. The molecule has 4 rings (SSSR count). The van der Waals surface area contributed by atoms with Crippen molar-refractivity contribution in [3.63, 3.8) is 0 Å². The number of aromatic nitrogens is 4. The van der Waals surface area contributed by atoms with Crippen LogP contribution in [-0.4, -0.2) is 20.3 Å². The molecule has 6 nitrogen and oxygen atoms in total. The zero-order valence-corrected chi connectivity index (χ0v) is 15.0. The first-order chi connectivity index (χ1) is 12.3. The molecule has 1 N–H and O–H groups in total. The number of anilines is 2. The van der Waals surface area contributed by atoms with E-state index in [9.17, 15) is 4.39 Å². The molecule has 1 aromatic carbocycles. The minimum atomic E-state index is -0.277. The van der Waals surface area contributed by atoms with Gasteiger partial charge in [-0.05, 0) is 35.7 Å². The maximum absolute atomic E-state index is 12.9. The fourth-order valence-electron chi connectivity index (χ4n) is 1.92. The van der Waals surface area contributed by atoms with E-state index in [0.717, 1.165) is 15.6 Å². The summed E-state index contributed by atoms with van der Waals surface area (Å²) in [4.78, 5) is 4.36. The van der Waals surface area contributed by atoms with Gasteiger partial charge >= 0.3 is 0 Å². The van der Waals surface area contributed by atoms with Crippen molar-refractivity contribution in [1.82, 2.24) is 20.3 Å². The molecule has 0 aliphatic carbocycles. The third-order valence-corrected chi connectivity index (χ3v) is 5.71. The van der Waals surface area contributed by atoms with Gasteiger partial charge in [-0.1, -0.05) is 28.3 Å². The van der Waals surface area contributed by atoms with Crippen molar-refractivity contribution in [1.29, 1.82) is 0 Å². The predicted molar refractivity (Wildman–Crippen MR) is 96.8 cm³/mol. The van der Waals surface area contributed by atoms with E-state index < -0.39 is 0 Å². The maximum atomic E-state index is 12.9. The molecule has 0 saturated carbocycles. The molecule has 0 atom stereocenters. The molecule has 0 bridgehead atoms. The molecule has 0 amide bonds. The minimum absolute atomic E-state index is 0.277. The van der Waals surface area contributed by atoms with E-state index in [1.807, 2.05) is 16.8 Å². The minimum Gasteiger partial charge on any atom is -0.338 e. The van der Waals surface area contributed by atoms with Crippen LogP contribution in [-0.2, 0) is 5.75 Å². The number of halogens is 1. The summed E-state index contributed by atoms with van der Waals surface area (Å²) < 4.78 is 18.9. The largest absolute Gasteiger partial charge is 0.338 e. The summed E-state index contributed by atoms with van der Waals surface area (Å²) >= 11 is 4.46. The van der Waals surface area contributed by atoms with Crippen molar-refractivity contribution >= 4 is 45.3 Å². The number of benzene rings is 1. The normalized spacial score (nSPS) is 10.9. The van der Waals surface area contributed by atoms with Gasteiger partial charge in [0, 0.05) is 16.6 Å². The van der Waals surface area contributed by atoms with Gasteiger partial charge in [0.25, 0.3) is 0 Å². The topological polar surface area (TPSA) is 76.7 Å². The van der Waals surface area contributed by atoms with Crippen molar-refractivity contribution in [3.8, 4) is 11.4 Å². The first kappa shape index (κ1) is 16.2. The fraction of sp³-hybridized carbons (Fsp3) is 0.0667. The Morgan fingerprint density at radius 2 is 2.04 bits per heavy atom. The van der Waals surface area contributed by atoms with Gasteiger partial charge in [0.1, 0.15) is 5.82 Å². The molecule has 10 heteroatoms. The smallest absolute Gasteiger partial charge is 0.237 e. The van der Waals surface area contributed by atoms with Crippen molar-refractivity contribution < 1.29 is 8.91 Å². The number of thiophene rings is 1. The summed E-state index contributed by atoms with van der Waals surface area (Å²) in [6.07, 6.45) is 0. The fourth-order valence-corrected chi connectivity index (χ4v) is 4.17. The van der Waals surface area contributed by atoms with E-state index in [-0.39, 0.29) is 5.82 Å². The van der Waals surface area contributed by atoms with Crippen LogP contribution >= 0.6 is 34.4 Å². The highest BCUT2D eigenvalue weighted by Crippen LogP contribution is 2.30. The summed E-state index contributed by atoms with van der Waals surface area (Å²) in [7, 11) is 0. The predicted octanol–water partition coefficient (Wildman–Crippen LogP) is 4.82. The lowest BCUT2D eigenvalue weighted by molar-refractivity contribution is 0.391. The van der Waals surface area contributed by atoms with Crippen molar-refractivity contribution in [2.24, 2.45) is 0 Å². The van der Waals surface area contributed by atoms with Crippen LogP contribution in [0.3, 0.4) is 0 Å². The van der Waals surface area contributed by atoms with E-state index in [1.165, 1.54) is 35.2 Å². The molecular formula is C15H10FN5OS3. The number of thioether (sulfide) groups is 1. The van der Waals surface area contributed by atoms with Crippen LogP contribution in [0.2, 0.25) is 0 Å². The molecule has 0 unspecified atom stereocenters. The van der Waals surface area contributed by atoms with Gasteiger partial charge in [0.2, 0.25) is 16.8 Å².